The van der Waals surface area contributed by atoms with Crippen molar-refractivity contribution >= 4 is 28.6 Å². The van der Waals surface area contributed by atoms with Gasteiger partial charge in [0.2, 0.25) is 11.8 Å². The molecule has 0 unspecified atom stereocenters. The first-order chi connectivity index (χ1) is 16.3. The van der Waals surface area contributed by atoms with Crippen LogP contribution < -0.4 is 16.0 Å². The quantitative estimate of drug-likeness (QED) is 0.474. The number of nitrogens with zero attached hydrogens (tertiary/aromatic N) is 1. The zero-order valence-corrected chi connectivity index (χ0v) is 19.7. The van der Waals surface area contributed by atoms with Crippen LogP contribution in [0.25, 0.3) is 10.9 Å². The summed E-state index contributed by atoms with van der Waals surface area (Å²) in [7, 11) is 0. The fourth-order valence-electron chi connectivity index (χ4n) is 4.06. The van der Waals surface area contributed by atoms with E-state index < -0.39 is 35.6 Å². The molecule has 1 aromatic heterocycles. The number of aromatic nitrogens is 1. The molecule has 3 atom stereocenters. The van der Waals surface area contributed by atoms with E-state index in [9.17, 15) is 32.8 Å². The van der Waals surface area contributed by atoms with Crippen molar-refractivity contribution in [1.29, 1.82) is 5.26 Å². The van der Waals surface area contributed by atoms with E-state index in [0.717, 1.165) is 12.1 Å². The molecule has 11 heteroatoms. The summed E-state index contributed by atoms with van der Waals surface area (Å²) < 4.78 is 39.0. The highest BCUT2D eigenvalue weighted by Gasteiger charge is 2.33. The van der Waals surface area contributed by atoms with Gasteiger partial charge in [-0.1, -0.05) is 20.8 Å². The molecule has 188 valence electrons. The number of benzene rings is 1. The number of carbonyl (C=O) groups is 3. The van der Waals surface area contributed by atoms with Crippen LogP contribution in [0.1, 0.15) is 56.1 Å². The predicted octanol–water partition coefficient (Wildman–Crippen LogP) is 3.26. The normalized spacial score (nSPS) is 18.0. The average Bonchev–Trinajstić information content (AvgIpc) is 3.36. The Morgan fingerprint density at radius 2 is 1.91 bits per heavy atom. The predicted molar refractivity (Wildman–Crippen MR) is 122 cm³/mol. The van der Waals surface area contributed by atoms with Crippen LogP contribution in [-0.4, -0.2) is 41.3 Å². The standard InChI is InChI=1S/C24H28F3N5O3/c1-23(2,3)11-19(22(35)30-16(12-28)9-13-6-7-29-20(13)33)32-21(34)18-10-14-8-15(24(25,26)27)4-5-17(14)31-18/h4-5,8,10,13,16,19,31H,6-7,9,11H2,1-3H3,(H,29,33)(H,30,35)(H,32,34)/t13-,16-,19-/m0/s1. The molecule has 0 spiro atoms. The summed E-state index contributed by atoms with van der Waals surface area (Å²) in [5.41, 5.74) is -0.852. The molecule has 0 radical (unpaired) electrons. The highest BCUT2D eigenvalue weighted by atomic mass is 19.4. The maximum absolute atomic E-state index is 13.0. The average molecular weight is 492 g/mol. The molecule has 1 saturated heterocycles. The number of carbonyl (C=O) groups excluding carboxylic acids is 3. The Bertz CT molecular complexity index is 1160. The van der Waals surface area contributed by atoms with Gasteiger partial charge in [0.1, 0.15) is 17.8 Å². The van der Waals surface area contributed by atoms with Crippen molar-refractivity contribution in [2.75, 3.05) is 6.54 Å². The monoisotopic (exact) mass is 491 g/mol. The van der Waals surface area contributed by atoms with Crippen molar-refractivity contribution in [3.8, 4) is 6.07 Å². The zero-order valence-electron chi connectivity index (χ0n) is 19.7. The van der Waals surface area contributed by atoms with E-state index in [1.54, 1.807) is 0 Å². The van der Waals surface area contributed by atoms with Crippen molar-refractivity contribution < 1.29 is 27.6 Å². The van der Waals surface area contributed by atoms with Gasteiger partial charge in [0, 0.05) is 23.4 Å². The summed E-state index contributed by atoms with van der Waals surface area (Å²) in [6.45, 7) is 6.16. The van der Waals surface area contributed by atoms with E-state index in [4.69, 9.17) is 0 Å². The molecule has 1 fully saturated rings. The third-order valence-electron chi connectivity index (χ3n) is 5.79. The summed E-state index contributed by atoms with van der Waals surface area (Å²) in [6.07, 6.45) is -3.54. The van der Waals surface area contributed by atoms with Gasteiger partial charge in [-0.2, -0.15) is 18.4 Å². The van der Waals surface area contributed by atoms with Crippen molar-refractivity contribution in [2.45, 2.75) is 58.3 Å². The molecule has 35 heavy (non-hydrogen) atoms. The topological polar surface area (TPSA) is 127 Å². The van der Waals surface area contributed by atoms with E-state index in [1.807, 2.05) is 26.8 Å². The van der Waals surface area contributed by atoms with Crippen LogP contribution in [0.3, 0.4) is 0 Å². The lowest BCUT2D eigenvalue weighted by atomic mass is 9.87. The third kappa shape index (κ3) is 6.74. The molecule has 2 heterocycles. The number of hydrogen-bond acceptors (Lipinski definition) is 4. The second-order valence-corrected chi connectivity index (χ2v) is 9.98. The fourth-order valence-corrected chi connectivity index (χ4v) is 4.06. The minimum Gasteiger partial charge on any atom is -0.356 e. The molecule has 2 aromatic rings. The van der Waals surface area contributed by atoms with Crippen LogP contribution >= 0.6 is 0 Å². The zero-order chi connectivity index (χ0) is 26.0. The van der Waals surface area contributed by atoms with Crippen LogP contribution in [0.15, 0.2) is 24.3 Å². The van der Waals surface area contributed by atoms with Crippen molar-refractivity contribution in [2.24, 2.45) is 11.3 Å². The van der Waals surface area contributed by atoms with E-state index in [2.05, 4.69) is 20.9 Å². The molecule has 3 amide bonds. The minimum absolute atomic E-state index is 0.00509. The van der Waals surface area contributed by atoms with Gasteiger partial charge in [-0.25, -0.2) is 0 Å². The molecular weight excluding hydrogens is 463 g/mol. The molecule has 0 aliphatic carbocycles. The number of halogens is 3. The van der Waals surface area contributed by atoms with Crippen molar-refractivity contribution in [3.63, 3.8) is 0 Å². The van der Waals surface area contributed by atoms with Gasteiger partial charge in [0.15, 0.2) is 0 Å². The van der Waals surface area contributed by atoms with Crippen LogP contribution in [-0.2, 0) is 15.8 Å². The number of fused-ring (bicyclic) bond motifs is 1. The van der Waals surface area contributed by atoms with Gasteiger partial charge in [-0.3, -0.25) is 14.4 Å². The summed E-state index contributed by atoms with van der Waals surface area (Å²) in [4.78, 5) is 40.5. The lowest BCUT2D eigenvalue weighted by molar-refractivity contribution is -0.137. The Kier molecular flexibility index (Phi) is 7.43. The van der Waals surface area contributed by atoms with E-state index in [0.29, 0.717) is 18.5 Å². The van der Waals surface area contributed by atoms with Crippen molar-refractivity contribution in [3.05, 3.63) is 35.5 Å². The molecule has 8 nitrogen and oxygen atoms in total. The first-order valence-electron chi connectivity index (χ1n) is 11.3. The van der Waals surface area contributed by atoms with Crippen LogP contribution in [0.4, 0.5) is 13.2 Å². The van der Waals surface area contributed by atoms with E-state index >= 15 is 0 Å². The molecule has 0 bridgehead atoms. The fraction of sp³-hybridized carbons (Fsp3) is 0.500. The second kappa shape index (κ2) is 9.98. The Labute approximate surface area is 200 Å². The summed E-state index contributed by atoms with van der Waals surface area (Å²) in [5.74, 6) is -1.77. The highest BCUT2D eigenvalue weighted by molar-refractivity contribution is 6.00. The van der Waals surface area contributed by atoms with Crippen LogP contribution in [0, 0.1) is 22.7 Å². The van der Waals surface area contributed by atoms with Crippen LogP contribution in [0.2, 0.25) is 0 Å². The molecular formula is C24H28F3N5O3. The number of hydrogen-bond donors (Lipinski definition) is 4. The van der Waals surface area contributed by atoms with Gasteiger partial charge in [-0.05, 0) is 48.9 Å². The second-order valence-electron chi connectivity index (χ2n) is 9.98. The van der Waals surface area contributed by atoms with Gasteiger partial charge in [0.25, 0.3) is 5.91 Å². The maximum atomic E-state index is 13.0. The Morgan fingerprint density at radius 3 is 2.49 bits per heavy atom. The summed E-state index contributed by atoms with van der Waals surface area (Å²) in [6, 6.07) is 4.47. The molecule has 1 aliphatic heterocycles. The third-order valence-corrected chi connectivity index (χ3v) is 5.79. The van der Waals surface area contributed by atoms with E-state index in [-0.39, 0.29) is 41.2 Å². The summed E-state index contributed by atoms with van der Waals surface area (Å²) in [5, 5.41) is 17.6. The number of rotatable bonds is 7. The van der Waals surface area contributed by atoms with Gasteiger partial charge in [-0.15, -0.1) is 0 Å². The SMILES string of the molecule is CC(C)(C)C[C@H](NC(=O)c1cc2cc(C(F)(F)F)ccc2[nH]1)C(=O)N[C@H](C#N)C[C@@H]1CCNC1=O. The highest BCUT2D eigenvalue weighted by Crippen LogP contribution is 2.31. The Morgan fingerprint density at radius 1 is 1.20 bits per heavy atom. The number of amides is 3. The smallest absolute Gasteiger partial charge is 0.356 e. The summed E-state index contributed by atoms with van der Waals surface area (Å²) >= 11 is 0. The molecule has 1 aliphatic rings. The van der Waals surface area contributed by atoms with Gasteiger partial charge < -0.3 is 20.9 Å². The van der Waals surface area contributed by atoms with Gasteiger partial charge >= 0.3 is 6.18 Å². The number of nitriles is 1. The number of nitrogens with one attached hydrogen (secondary N) is 4. The Hall–Kier alpha value is -3.55. The molecule has 1 aromatic carbocycles. The minimum atomic E-state index is -4.51. The largest absolute Gasteiger partial charge is 0.416 e. The van der Waals surface area contributed by atoms with Crippen molar-refractivity contribution in [1.82, 2.24) is 20.9 Å². The van der Waals surface area contributed by atoms with Crippen LogP contribution in [0.5, 0.6) is 0 Å². The maximum Gasteiger partial charge on any atom is 0.416 e. The number of aromatic amines is 1. The lowest BCUT2D eigenvalue weighted by Gasteiger charge is -2.27. The first-order valence-corrected chi connectivity index (χ1v) is 11.3. The van der Waals surface area contributed by atoms with Gasteiger partial charge in [0.05, 0.1) is 11.6 Å². The molecule has 0 saturated carbocycles. The number of alkyl halides is 3. The lowest BCUT2D eigenvalue weighted by Crippen LogP contribution is -2.51. The number of H-pyrrole nitrogens is 1. The molecule has 4 N–H and O–H groups in total. The first kappa shape index (κ1) is 26.1. The molecule has 3 rings (SSSR count). The Balaban J connectivity index is 1.75. The van der Waals surface area contributed by atoms with E-state index in [1.165, 1.54) is 12.1 Å².